The Hall–Kier alpha value is -1.86. The van der Waals surface area contributed by atoms with E-state index in [9.17, 15) is 19.8 Å². The zero-order chi connectivity index (χ0) is 18.1. The molecule has 0 aliphatic carbocycles. The number of hydrogen-bond acceptors (Lipinski definition) is 5. The van der Waals surface area contributed by atoms with Crippen LogP contribution in [-0.2, 0) is 9.59 Å². The van der Waals surface area contributed by atoms with Gasteiger partial charge in [-0.05, 0) is 31.0 Å². The highest BCUT2D eigenvalue weighted by molar-refractivity contribution is 8.03. The molecule has 2 aliphatic rings. The Kier molecular flexibility index (Phi) is 5.15. The summed E-state index contributed by atoms with van der Waals surface area (Å²) in [6.45, 7) is 3.68. The van der Waals surface area contributed by atoms with Gasteiger partial charge in [0.2, 0.25) is 5.91 Å². The number of fused-ring (bicyclic) bond motifs is 1. The zero-order valence-electron chi connectivity index (χ0n) is 14.3. The van der Waals surface area contributed by atoms with E-state index < -0.39 is 18.0 Å². The predicted octanol–water partition coefficient (Wildman–Crippen LogP) is 2.56. The molecule has 1 saturated heterocycles. The summed E-state index contributed by atoms with van der Waals surface area (Å²) in [6.07, 6.45) is 5.08. The molecule has 3 unspecified atom stereocenters. The average molecular weight is 362 g/mol. The third kappa shape index (κ3) is 3.18. The minimum Gasteiger partial charge on any atom is -0.477 e. The fourth-order valence-corrected chi connectivity index (χ4v) is 5.20. The highest BCUT2D eigenvalue weighted by atomic mass is 32.2. The molecule has 7 heteroatoms. The summed E-state index contributed by atoms with van der Waals surface area (Å²) in [4.78, 5) is 30.2. The monoisotopic (exact) mass is 362 g/mol. The van der Waals surface area contributed by atoms with Crippen LogP contribution in [0.1, 0.15) is 43.9 Å². The number of rotatable bonds is 7. The molecule has 2 N–H and O–H groups in total. The molecule has 0 aromatic carbocycles. The number of amides is 1. The van der Waals surface area contributed by atoms with Gasteiger partial charge in [0.25, 0.3) is 0 Å². The number of aromatic nitrogens is 1. The number of pyridine rings is 1. The number of β-lactam (4-membered cyclic amide) rings is 1. The summed E-state index contributed by atoms with van der Waals surface area (Å²) in [5.41, 5.74) is 1.19. The molecule has 1 aromatic rings. The molecule has 1 aromatic heterocycles. The summed E-state index contributed by atoms with van der Waals surface area (Å²) in [5, 5.41) is 19.6. The van der Waals surface area contributed by atoms with Crippen molar-refractivity contribution >= 4 is 23.6 Å². The molecular weight excluding hydrogens is 340 g/mol. The number of aliphatic carboxylic acids is 1. The minimum atomic E-state index is -1.08. The van der Waals surface area contributed by atoms with Gasteiger partial charge in [0.05, 0.1) is 18.1 Å². The second kappa shape index (κ2) is 7.17. The Labute approximate surface area is 150 Å². The lowest BCUT2D eigenvalue weighted by molar-refractivity contribution is -0.161. The van der Waals surface area contributed by atoms with Crippen LogP contribution in [0.3, 0.4) is 0 Å². The van der Waals surface area contributed by atoms with Crippen molar-refractivity contribution in [1.82, 2.24) is 9.88 Å². The van der Waals surface area contributed by atoms with Crippen LogP contribution in [0, 0.1) is 5.92 Å². The van der Waals surface area contributed by atoms with Crippen molar-refractivity contribution in [2.75, 3.05) is 0 Å². The molecule has 3 rings (SSSR count). The zero-order valence-corrected chi connectivity index (χ0v) is 15.1. The van der Waals surface area contributed by atoms with Crippen LogP contribution in [-0.4, -0.2) is 44.1 Å². The van der Waals surface area contributed by atoms with E-state index in [4.69, 9.17) is 0 Å². The molecule has 6 nitrogen and oxygen atoms in total. The second-order valence-corrected chi connectivity index (χ2v) is 7.80. The number of carboxylic acids is 1. The van der Waals surface area contributed by atoms with Crippen molar-refractivity contribution in [3.8, 4) is 0 Å². The van der Waals surface area contributed by atoms with Crippen molar-refractivity contribution < 1.29 is 19.8 Å². The van der Waals surface area contributed by atoms with E-state index >= 15 is 0 Å². The van der Waals surface area contributed by atoms with Crippen LogP contribution in [0.2, 0.25) is 0 Å². The van der Waals surface area contributed by atoms with Gasteiger partial charge < -0.3 is 15.1 Å². The van der Waals surface area contributed by atoms with Crippen LogP contribution in [0.5, 0.6) is 0 Å². The van der Waals surface area contributed by atoms with Gasteiger partial charge in [-0.25, -0.2) is 4.79 Å². The molecule has 2 aliphatic heterocycles. The maximum absolute atomic E-state index is 12.3. The van der Waals surface area contributed by atoms with Crippen molar-refractivity contribution in [3.05, 3.63) is 40.7 Å². The lowest BCUT2D eigenvalue weighted by atomic mass is 9.83. The van der Waals surface area contributed by atoms with Crippen molar-refractivity contribution in [3.63, 3.8) is 0 Å². The van der Waals surface area contributed by atoms with Gasteiger partial charge in [0.1, 0.15) is 5.70 Å². The summed E-state index contributed by atoms with van der Waals surface area (Å²) < 4.78 is 0. The quantitative estimate of drug-likeness (QED) is 0.725. The summed E-state index contributed by atoms with van der Waals surface area (Å²) in [6, 6.07) is 3.66. The molecular formula is C18H22N2O4S. The standard InChI is InChI=1S/C18H22N2O4S/c1-3-4-13(11-5-7-19-8-6-11)25-14-9-12-15(10(2)21)17(22)20(12)16(14)18(23)24/h5-8,10,12-13,15,21H,3-4,9H2,1-2H3,(H,23,24)/t10-,12?,13?,15?/m1/s1. The number of aliphatic hydroxyl groups is 1. The molecule has 0 saturated carbocycles. The van der Waals surface area contributed by atoms with Gasteiger partial charge >= 0.3 is 5.97 Å². The van der Waals surface area contributed by atoms with E-state index in [1.54, 1.807) is 19.3 Å². The first-order valence-electron chi connectivity index (χ1n) is 8.49. The number of hydrogen-bond donors (Lipinski definition) is 2. The van der Waals surface area contributed by atoms with Crippen molar-refractivity contribution in [2.24, 2.45) is 5.92 Å². The normalized spacial score (nSPS) is 24.8. The Morgan fingerprint density at radius 3 is 2.68 bits per heavy atom. The Bertz CT molecular complexity index is 704. The van der Waals surface area contributed by atoms with Crippen LogP contribution in [0.25, 0.3) is 0 Å². The van der Waals surface area contributed by atoms with Crippen molar-refractivity contribution in [2.45, 2.75) is 50.5 Å². The summed E-state index contributed by atoms with van der Waals surface area (Å²) >= 11 is 1.53. The third-order valence-electron chi connectivity index (χ3n) is 4.80. The van der Waals surface area contributed by atoms with Crippen LogP contribution >= 0.6 is 11.8 Å². The number of thioether (sulfide) groups is 1. The van der Waals surface area contributed by atoms with Crippen LogP contribution < -0.4 is 0 Å². The minimum absolute atomic E-state index is 0.0899. The van der Waals surface area contributed by atoms with E-state index in [-0.39, 0.29) is 22.9 Å². The van der Waals surface area contributed by atoms with Gasteiger partial charge in [-0.15, -0.1) is 11.8 Å². The maximum Gasteiger partial charge on any atom is 0.353 e. The largest absolute Gasteiger partial charge is 0.477 e. The number of carbonyl (C=O) groups is 2. The first-order chi connectivity index (χ1) is 12.0. The molecule has 134 valence electrons. The Morgan fingerprint density at radius 1 is 1.44 bits per heavy atom. The average Bonchev–Trinajstić information content (AvgIpc) is 2.89. The first kappa shape index (κ1) is 17.9. The van der Waals surface area contributed by atoms with Gasteiger partial charge in [-0.1, -0.05) is 13.3 Å². The first-order valence-corrected chi connectivity index (χ1v) is 9.37. The molecule has 1 fully saturated rings. The number of nitrogens with zero attached hydrogens (tertiary/aromatic N) is 2. The summed E-state index contributed by atoms with van der Waals surface area (Å²) in [5.74, 6) is -1.87. The topological polar surface area (TPSA) is 90.7 Å². The smallest absolute Gasteiger partial charge is 0.353 e. The van der Waals surface area contributed by atoms with E-state index in [0.29, 0.717) is 6.42 Å². The number of aliphatic hydroxyl groups excluding tert-OH is 1. The number of carboxylic acid groups (broad SMARTS) is 1. The number of carbonyl (C=O) groups excluding carboxylic acids is 1. The molecule has 25 heavy (non-hydrogen) atoms. The van der Waals surface area contributed by atoms with Crippen LogP contribution in [0.15, 0.2) is 35.1 Å². The maximum atomic E-state index is 12.3. The third-order valence-corrected chi connectivity index (χ3v) is 6.24. The molecule has 1 amide bonds. The van der Waals surface area contributed by atoms with Gasteiger partial charge in [-0.2, -0.15) is 0 Å². The van der Waals surface area contributed by atoms with Gasteiger partial charge in [-0.3, -0.25) is 9.78 Å². The highest BCUT2D eigenvalue weighted by Crippen LogP contribution is 2.51. The van der Waals surface area contributed by atoms with Gasteiger partial charge in [0, 0.05) is 29.0 Å². The highest BCUT2D eigenvalue weighted by Gasteiger charge is 2.56. The van der Waals surface area contributed by atoms with Crippen LogP contribution in [0.4, 0.5) is 0 Å². The Balaban J connectivity index is 1.87. The summed E-state index contributed by atoms with van der Waals surface area (Å²) in [7, 11) is 0. The molecule has 3 heterocycles. The van der Waals surface area contributed by atoms with E-state index in [0.717, 1.165) is 23.3 Å². The second-order valence-electron chi connectivity index (χ2n) is 6.50. The lowest BCUT2D eigenvalue weighted by Crippen LogP contribution is -2.61. The lowest BCUT2D eigenvalue weighted by Gasteiger charge is -2.44. The van der Waals surface area contributed by atoms with Gasteiger partial charge in [0.15, 0.2) is 0 Å². The fourth-order valence-electron chi connectivity index (χ4n) is 3.64. The predicted molar refractivity (Wildman–Crippen MR) is 94.6 cm³/mol. The molecule has 4 atom stereocenters. The Morgan fingerprint density at radius 2 is 2.12 bits per heavy atom. The van der Waals surface area contributed by atoms with Crippen molar-refractivity contribution in [1.29, 1.82) is 0 Å². The van der Waals surface area contributed by atoms with E-state index in [1.807, 2.05) is 12.1 Å². The molecule has 0 spiro atoms. The molecule has 0 bridgehead atoms. The SMILES string of the molecule is CCCC(SC1=C(C(=O)O)N2C(=O)C([C@@H](C)O)C2C1)c1ccncc1. The molecule has 0 radical (unpaired) electrons. The van der Waals surface area contributed by atoms with E-state index in [2.05, 4.69) is 11.9 Å². The fraction of sp³-hybridized carbons (Fsp3) is 0.500. The van der Waals surface area contributed by atoms with E-state index in [1.165, 1.54) is 16.7 Å².